The number of rotatable bonds is 5. The van der Waals surface area contributed by atoms with Gasteiger partial charge in [-0.2, -0.15) is 0 Å². The predicted molar refractivity (Wildman–Crippen MR) is 116 cm³/mol. The van der Waals surface area contributed by atoms with Gasteiger partial charge in [0.1, 0.15) is 10.7 Å². The van der Waals surface area contributed by atoms with Crippen LogP contribution in [0.1, 0.15) is 18.1 Å². The fourth-order valence-corrected chi connectivity index (χ4v) is 4.23. The monoisotopic (exact) mass is 482 g/mol. The third-order valence-electron chi connectivity index (χ3n) is 3.84. The van der Waals surface area contributed by atoms with Crippen molar-refractivity contribution in [3.63, 3.8) is 0 Å². The van der Waals surface area contributed by atoms with Crippen LogP contribution in [-0.4, -0.2) is 24.9 Å². The standard InChI is InChI=1S/C20H14Cl2F2N4O2S/c1-2-25-20-26-10-12(11-27-20)3-5-14-16(23)7-8-17(19(14)24)28-31(29,30)18-9-13(21)4-6-15(18)22/h4,6-11,28H,2H2,1H3,(H,25,26,27). The van der Waals surface area contributed by atoms with Crippen LogP contribution in [0.25, 0.3) is 0 Å². The van der Waals surface area contributed by atoms with Crippen LogP contribution in [0.4, 0.5) is 20.4 Å². The Hall–Kier alpha value is -2.93. The van der Waals surface area contributed by atoms with Crippen LogP contribution < -0.4 is 10.0 Å². The highest BCUT2D eigenvalue weighted by Gasteiger charge is 2.22. The second-order valence-corrected chi connectivity index (χ2v) is 8.53. The Morgan fingerprint density at radius 1 is 1.06 bits per heavy atom. The van der Waals surface area contributed by atoms with Crippen molar-refractivity contribution in [3.05, 3.63) is 75.5 Å². The second-order valence-electron chi connectivity index (χ2n) is 6.04. The molecule has 0 saturated heterocycles. The summed E-state index contributed by atoms with van der Waals surface area (Å²) in [6.07, 6.45) is 2.78. The summed E-state index contributed by atoms with van der Waals surface area (Å²) in [5.41, 5.74) is -0.800. The molecule has 11 heteroatoms. The maximum atomic E-state index is 14.9. The first-order valence-electron chi connectivity index (χ1n) is 8.75. The average molecular weight is 483 g/mol. The molecule has 0 amide bonds. The average Bonchev–Trinajstić information content (AvgIpc) is 2.73. The van der Waals surface area contributed by atoms with E-state index in [1.807, 2.05) is 11.6 Å². The van der Waals surface area contributed by atoms with Gasteiger partial charge in [-0.05, 0) is 37.3 Å². The maximum absolute atomic E-state index is 14.9. The Kier molecular flexibility index (Phi) is 6.95. The molecule has 0 radical (unpaired) electrons. The molecule has 3 aromatic rings. The van der Waals surface area contributed by atoms with E-state index < -0.39 is 32.9 Å². The van der Waals surface area contributed by atoms with E-state index in [0.29, 0.717) is 18.1 Å². The van der Waals surface area contributed by atoms with Gasteiger partial charge in [-0.15, -0.1) is 0 Å². The summed E-state index contributed by atoms with van der Waals surface area (Å²) in [6, 6.07) is 5.66. The van der Waals surface area contributed by atoms with Gasteiger partial charge in [0.05, 0.1) is 21.8 Å². The first kappa shape index (κ1) is 22.7. The molecule has 2 aromatic carbocycles. The first-order valence-corrected chi connectivity index (χ1v) is 11.0. The quantitative estimate of drug-likeness (QED) is 0.515. The van der Waals surface area contributed by atoms with E-state index in [-0.39, 0.29) is 14.9 Å². The van der Waals surface area contributed by atoms with Gasteiger partial charge < -0.3 is 5.32 Å². The molecule has 6 nitrogen and oxygen atoms in total. The fraction of sp³-hybridized carbons (Fsp3) is 0.100. The van der Waals surface area contributed by atoms with E-state index in [1.165, 1.54) is 24.5 Å². The van der Waals surface area contributed by atoms with Gasteiger partial charge in [0.25, 0.3) is 10.0 Å². The first-order chi connectivity index (χ1) is 14.7. The smallest absolute Gasteiger partial charge is 0.263 e. The van der Waals surface area contributed by atoms with Gasteiger partial charge in [-0.3, -0.25) is 4.72 Å². The number of hydrogen-bond acceptors (Lipinski definition) is 5. The van der Waals surface area contributed by atoms with Crippen molar-refractivity contribution >= 4 is 44.9 Å². The summed E-state index contributed by atoms with van der Waals surface area (Å²) in [4.78, 5) is 7.68. The largest absolute Gasteiger partial charge is 0.355 e. The van der Waals surface area contributed by atoms with Crippen molar-refractivity contribution in [1.82, 2.24) is 9.97 Å². The molecule has 0 fully saturated rings. The molecule has 0 unspecified atom stereocenters. The summed E-state index contributed by atoms with van der Waals surface area (Å²) in [7, 11) is -4.30. The molecule has 160 valence electrons. The van der Waals surface area contributed by atoms with E-state index in [4.69, 9.17) is 23.2 Å². The normalized spacial score (nSPS) is 10.9. The van der Waals surface area contributed by atoms with Crippen LogP contribution in [0, 0.1) is 23.5 Å². The number of nitrogens with one attached hydrogen (secondary N) is 2. The third-order valence-corrected chi connectivity index (χ3v) is 5.92. The predicted octanol–water partition coefficient (Wildman–Crippen LogP) is 4.69. The number of aromatic nitrogens is 2. The van der Waals surface area contributed by atoms with Crippen molar-refractivity contribution in [3.8, 4) is 11.8 Å². The number of halogens is 4. The van der Waals surface area contributed by atoms with Crippen molar-refractivity contribution in [2.24, 2.45) is 0 Å². The highest BCUT2D eigenvalue weighted by Crippen LogP contribution is 2.28. The maximum Gasteiger partial charge on any atom is 0.263 e. The Labute approximate surface area is 187 Å². The molecular weight excluding hydrogens is 469 g/mol. The van der Waals surface area contributed by atoms with Crippen LogP contribution in [0.15, 0.2) is 47.6 Å². The highest BCUT2D eigenvalue weighted by atomic mass is 35.5. The Morgan fingerprint density at radius 2 is 1.77 bits per heavy atom. The Morgan fingerprint density at radius 3 is 2.45 bits per heavy atom. The molecule has 31 heavy (non-hydrogen) atoms. The highest BCUT2D eigenvalue weighted by molar-refractivity contribution is 7.92. The summed E-state index contributed by atoms with van der Waals surface area (Å²) in [5, 5.41) is 2.92. The molecule has 0 aliphatic rings. The van der Waals surface area contributed by atoms with Gasteiger partial charge in [-0.1, -0.05) is 35.0 Å². The Balaban J connectivity index is 1.93. The zero-order chi connectivity index (χ0) is 22.6. The van der Waals surface area contributed by atoms with Crippen LogP contribution in [0.2, 0.25) is 10.0 Å². The number of sulfonamides is 1. The molecular formula is C20H14Cl2F2N4O2S. The lowest BCUT2D eigenvalue weighted by molar-refractivity contribution is 0.578. The third kappa shape index (κ3) is 5.41. The minimum Gasteiger partial charge on any atom is -0.355 e. The molecule has 0 aliphatic carbocycles. The number of hydrogen-bond donors (Lipinski definition) is 2. The second kappa shape index (κ2) is 9.47. The molecule has 0 saturated carbocycles. The molecule has 1 heterocycles. The van der Waals surface area contributed by atoms with E-state index in [0.717, 1.165) is 18.2 Å². The van der Waals surface area contributed by atoms with Crippen LogP contribution in [0.3, 0.4) is 0 Å². The van der Waals surface area contributed by atoms with Crippen molar-refractivity contribution in [1.29, 1.82) is 0 Å². The molecule has 0 atom stereocenters. The topological polar surface area (TPSA) is 84.0 Å². The Bertz CT molecular complexity index is 1290. The van der Waals surface area contributed by atoms with E-state index in [1.54, 1.807) is 0 Å². The molecule has 0 bridgehead atoms. The van der Waals surface area contributed by atoms with Crippen LogP contribution >= 0.6 is 23.2 Å². The molecule has 3 rings (SSSR count). The van der Waals surface area contributed by atoms with Gasteiger partial charge in [0.2, 0.25) is 5.95 Å². The van der Waals surface area contributed by atoms with Crippen molar-refractivity contribution in [2.45, 2.75) is 11.8 Å². The summed E-state index contributed by atoms with van der Waals surface area (Å²) in [6.45, 7) is 2.51. The zero-order valence-electron chi connectivity index (χ0n) is 15.9. The SMILES string of the molecule is CCNc1ncc(C#Cc2c(F)ccc(NS(=O)(=O)c3cc(Cl)ccc3Cl)c2F)cn1. The lowest BCUT2D eigenvalue weighted by atomic mass is 10.1. The molecule has 0 spiro atoms. The summed E-state index contributed by atoms with van der Waals surface area (Å²) in [5.74, 6) is 3.15. The van der Waals surface area contributed by atoms with E-state index in [9.17, 15) is 17.2 Å². The van der Waals surface area contributed by atoms with Crippen LogP contribution in [0.5, 0.6) is 0 Å². The zero-order valence-corrected chi connectivity index (χ0v) is 18.2. The molecule has 2 N–H and O–H groups in total. The summed E-state index contributed by atoms with van der Waals surface area (Å²) < 4.78 is 56.3. The van der Waals surface area contributed by atoms with Crippen molar-refractivity contribution < 1.29 is 17.2 Å². The number of benzene rings is 2. The van der Waals surface area contributed by atoms with Gasteiger partial charge in [0, 0.05) is 24.0 Å². The van der Waals surface area contributed by atoms with E-state index in [2.05, 4.69) is 27.1 Å². The summed E-state index contributed by atoms with van der Waals surface area (Å²) >= 11 is 11.7. The number of nitrogens with zero attached hydrogens (tertiary/aromatic N) is 2. The van der Waals surface area contributed by atoms with Gasteiger partial charge in [-0.25, -0.2) is 27.2 Å². The minimum absolute atomic E-state index is 0.111. The number of anilines is 2. The lowest BCUT2D eigenvalue weighted by Gasteiger charge is -2.11. The van der Waals surface area contributed by atoms with E-state index >= 15 is 0 Å². The van der Waals surface area contributed by atoms with Crippen molar-refractivity contribution in [2.75, 3.05) is 16.6 Å². The molecule has 0 aliphatic heterocycles. The lowest BCUT2D eigenvalue weighted by Crippen LogP contribution is -2.15. The van der Waals surface area contributed by atoms with Gasteiger partial charge >= 0.3 is 0 Å². The minimum atomic E-state index is -4.30. The fourth-order valence-electron chi connectivity index (χ4n) is 2.41. The molecule has 1 aromatic heterocycles. The van der Waals surface area contributed by atoms with Gasteiger partial charge in [0.15, 0.2) is 5.82 Å². The van der Waals surface area contributed by atoms with Crippen LogP contribution in [-0.2, 0) is 10.0 Å².